The number of nitrogens with zero attached hydrogens (tertiary/aromatic N) is 4. The molecule has 0 saturated carbocycles. The first-order valence-electron chi connectivity index (χ1n) is 24.0. The summed E-state index contributed by atoms with van der Waals surface area (Å²) in [5.41, 5.74) is 24.2. The van der Waals surface area contributed by atoms with Crippen LogP contribution in [-0.2, 0) is 5.41 Å². The zero-order valence-electron chi connectivity index (χ0n) is 37.4. The number of aromatic nitrogens is 2. The van der Waals surface area contributed by atoms with Crippen molar-refractivity contribution in [2.75, 3.05) is 0 Å². The van der Waals surface area contributed by atoms with Gasteiger partial charge in [-0.3, -0.25) is 0 Å². The Morgan fingerprint density at radius 1 is 0.457 bits per heavy atom. The third kappa shape index (κ3) is 4.14. The molecule has 4 nitrogen and oxygen atoms in total. The van der Waals surface area contributed by atoms with E-state index in [4.69, 9.17) is 6.57 Å². The highest BCUT2D eigenvalue weighted by atomic mass is 15.0. The Morgan fingerprint density at radius 2 is 0.971 bits per heavy atom. The van der Waals surface area contributed by atoms with Gasteiger partial charge in [0.25, 0.3) is 6.71 Å². The number of hydrogen-bond acceptors (Lipinski definition) is 1. The molecule has 4 heterocycles. The monoisotopic (exact) mass is 880 g/mol. The average Bonchev–Trinajstić information content (AvgIpc) is 4.13. The highest BCUT2D eigenvalue weighted by molar-refractivity contribution is 7.00. The van der Waals surface area contributed by atoms with Crippen LogP contribution in [0.1, 0.15) is 27.8 Å². The third-order valence-corrected chi connectivity index (χ3v) is 16.7. The van der Waals surface area contributed by atoms with E-state index >= 15 is 0 Å². The first-order valence-corrected chi connectivity index (χ1v) is 24.0. The Balaban J connectivity index is 1.03. The Bertz CT molecular complexity index is 4520. The molecule has 0 atom stereocenters. The minimum absolute atomic E-state index is 0.100. The standard InChI is InChI=1S/C65H33BN4/c1-68-41-24-27-57-49(34-41)61-43-15-5-3-13-39(43)31-55-64(61)70(57)59-33-40(32-58-62(59)66(55)54-30-38-12-2-4-14-42(38)60-48-28-36(35-67)22-26-56(48)69(58)63(54)60)37-23-25-53-47(29-37)46-18-8-11-21-52(46)65(53)50-19-9-6-16-44(50)45-17-7-10-20-51(45)65/h2-34H. The van der Waals surface area contributed by atoms with Crippen molar-refractivity contribution in [3.63, 3.8) is 0 Å². The van der Waals surface area contributed by atoms with Gasteiger partial charge in [-0.25, -0.2) is 4.85 Å². The molecule has 17 rings (SSSR count). The van der Waals surface area contributed by atoms with E-state index in [1.54, 1.807) is 0 Å². The SMILES string of the molecule is [C-]#[N+]c1ccc2c(c1)c1c3ccccc3cc3c1n2-c1cc(-c2ccc4c(c2)-c2ccccc2C42c4ccccc4-c4ccccc42)cc2c1B3c1cc3ccccc3c3c4cc(C#N)ccc4n-2c13. The van der Waals surface area contributed by atoms with Crippen molar-refractivity contribution in [2.24, 2.45) is 0 Å². The second-order valence-electron chi connectivity index (χ2n) is 19.7. The Morgan fingerprint density at radius 3 is 1.56 bits per heavy atom. The predicted molar refractivity (Wildman–Crippen MR) is 287 cm³/mol. The van der Waals surface area contributed by atoms with Crippen molar-refractivity contribution in [1.82, 2.24) is 9.13 Å². The van der Waals surface area contributed by atoms with E-state index in [0.717, 1.165) is 44.3 Å². The molecule has 13 aromatic rings. The van der Waals surface area contributed by atoms with Crippen molar-refractivity contribution < 1.29 is 0 Å². The molecule has 2 aromatic heterocycles. The molecule has 316 valence electrons. The van der Waals surface area contributed by atoms with Crippen molar-refractivity contribution in [3.05, 3.63) is 239 Å². The molecular weight excluding hydrogens is 848 g/mol. The Kier molecular flexibility index (Phi) is 6.58. The van der Waals surface area contributed by atoms with Gasteiger partial charge < -0.3 is 9.13 Å². The van der Waals surface area contributed by atoms with Gasteiger partial charge in [0.05, 0.1) is 40.2 Å². The molecular formula is C65H33BN4. The molecule has 0 bridgehead atoms. The van der Waals surface area contributed by atoms with Crippen LogP contribution < -0.4 is 16.4 Å². The van der Waals surface area contributed by atoms with Crippen molar-refractivity contribution in [2.45, 2.75) is 5.41 Å². The fourth-order valence-corrected chi connectivity index (χ4v) is 14.1. The quantitative estimate of drug-likeness (QED) is 0.120. The molecule has 0 saturated heterocycles. The second-order valence-corrected chi connectivity index (χ2v) is 19.7. The van der Waals surface area contributed by atoms with Gasteiger partial charge in [0, 0.05) is 33.1 Å². The van der Waals surface area contributed by atoms with Crippen LogP contribution in [0.4, 0.5) is 5.69 Å². The summed E-state index contributed by atoms with van der Waals surface area (Å²) >= 11 is 0. The van der Waals surface area contributed by atoms with Crippen LogP contribution in [0, 0.1) is 17.9 Å². The van der Waals surface area contributed by atoms with E-state index < -0.39 is 5.41 Å². The summed E-state index contributed by atoms with van der Waals surface area (Å²) in [5, 5.41) is 19.6. The fourth-order valence-electron chi connectivity index (χ4n) is 14.1. The van der Waals surface area contributed by atoms with Crippen LogP contribution >= 0.6 is 0 Å². The number of hydrogen-bond donors (Lipinski definition) is 0. The molecule has 4 aliphatic rings. The van der Waals surface area contributed by atoms with Crippen LogP contribution in [0.5, 0.6) is 0 Å². The van der Waals surface area contributed by atoms with Crippen LogP contribution in [0.15, 0.2) is 200 Å². The first-order chi connectivity index (χ1) is 34.6. The summed E-state index contributed by atoms with van der Waals surface area (Å²) in [4.78, 5) is 3.96. The van der Waals surface area contributed by atoms with Gasteiger partial charge in [0.1, 0.15) is 0 Å². The highest BCUT2D eigenvalue weighted by Gasteiger charge is 2.51. The molecule has 5 heteroatoms. The minimum atomic E-state index is -0.427. The summed E-state index contributed by atoms with van der Waals surface area (Å²) in [6.07, 6.45) is 0. The van der Waals surface area contributed by atoms with Crippen molar-refractivity contribution >= 4 is 93.9 Å². The molecule has 2 aliphatic carbocycles. The number of fused-ring (bicyclic) bond motifs is 24. The normalized spacial score (nSPS) is 13.8. The Hall–Kier alpha value is -9.42. The van der Waals surface area contributed by atoms with E-state index in [1.165, 1.54) is 104 Å². The molecule has 11 aromatic carbocycles. The van der Waals surface area contributed by atoms with Gasteiger partial charge in [-0.1, -0.05) is 152 Å². The van der Waals surface area contributed by atoms with Crippen LogP contribution in [0.25, 0.3) is 115 Å². The van der Waals surface area contributed by atoms with Gasteiger partial charge in [-0.2, -0.15) is 5.26 Å². The van der Waals surface area contributed by atoms with Gasteiger partial charge in [0.2, 0.25) is 0 Å². The molecule has 0 unspecified atom stereocenters. The van der Waals surface area contributed by atoms with E-state index in [1.807, 2.05) is 12.1 Å². The lowest BCUT2D eigenvalue weighted by atomic mass is 9.34. The van der Waals surface area contributed by atoms with Crippen LogP contribution in [0.3, 0.4) is 0 Å². The maximum Gasteiger partial charge on any atom is 0.252 e. The molecule has 1 spiro atoms. The van der Waals surface area contributed by atoms with E-state index in [2.05, 4.69) is 208 Å². The smallest absolute Gasteiger partial charge is 0.252 e. The summed E-state index contributed by atoms with van der Waals surface area (Å²) < 4.78 is 5.04. The van der Waals surface area contributed by atoms with Crippen molar-refractivity contribution in [1.29, 1.82) is 5.26 Å². The number of nitriles is 1. The summed E-state index contributed by atoms with van der Waals surface area (Å²) in [5.74, 6) is 0. The molecule has 0 amide bonds. The number of rotatable bonds is 1. The molecule has 0 fully saturated rings. The maximum atomic E-state index is 10.3. The zero-order chi connectivity index (χ0) is 45.7. The lowest BCUT2D eigenvalue weighted by Crippen LogP contribution is -2.59. The molecule has 0 radical (unpaired) electrons. The zero-order valence-corrected chi connectivity index (χ0v) is 37.4. The maximum absolute atomic E-state index is 10.3. The molecule has 70 heavy (non-hydrogen) atoms. The van der Waals surface area contributed by atoms with Crippen LogP contribution in [0.2, 0.25) is 0 Å². The largest absolute Gasteiger partial charge is 0.310 e. The lowest BCUT2D eigenvalue weighted by molar-refractivity contribution is 0.794. The van der Waals surface area contributed by atoms with E-state index in [0.29, 0.717) is 11.3 Å². The minimum Gasteiger partial charge on any atom is -0.310 e. The average molecular weight is 881 g/mol. The third-order valence-electron chi connectivity index (χ3n) is 16.7. The topological polar surface area (TPSA) is 38.0 Å². The van der Waals surface area contributed by atoms with Crippen molar-refractivity contribution in [3.8, 4) is 50.8 Å². The van der Waals surface area contributed by atoms with E-state index in [9.17, 15) is 5.26 Å². The summed E-state index contributed by atoms with van der Waals surface area (Å²) in [6, 6.07) is 76.5. The Labute approximate surface area is 402 Å². The molecule has 2 aliphatic heterocycles. The van der Waals surface area contributed by atoms with Gasteiger partial charge >= 0.3 is 0 Å². The number of benzene rings is 11. The lowest BCUT2D eigenvalue weighted by Gasteiger charge is -2.34. The van der Waals surface area contributed by atoms with E-state index in [-0.39, 0.29) is 6.71 Å². The van der Waals surface area contributed by atoms with Gasteiger partial charge in [0.15, 0.2) is 5.69 Å². The van der Waals surface area contributed by atoms with Gasteiger partial charge in [-0.15, -0.1) is 0 Å². The summed E-state index contributed by atoms with van der Waals surface area (Å²) in [7, 11) is 0. The molecule has 0 N–H and O–H groups in total. The second kappa shape index (κ2) is 12.6. The fraction of sp³-hybridized carbons (Fsp3) is 0.0154. The van der Waals surface area contributed by atoms with Gasteiger partial charge in [-0.05, 0) is 147 Å². The summed E-state index contributed by atoms with van der Waals surface area (Å²) in [6.45, 7) is 8.03. The van der Waals surface area contributed by atoms with Crippen LogP contribution in [-0.4, -0.2) is 15.8 Å². The predicted octanol–water partition coefficient (Wildman–Crippen LogP) is 13.8. The highest BCUT2D eigenvalue weighted by Crippen LogP contribution is 2.63. The first kappa shape index (κ1) is 36.7.